The third-order valence-corrected chi connectivity index (χ3v) is 11.7. The molecule has 48 heavy (non-hydrogen) atoms. The number of hydrogen-bond donors (Lipinski definition) is 0. The van der Waals surface area contributed by atoms with Gasteiger partial charge in [-0.15, -0.1) is 22.7 Å². The van der Waals surface area contributed by atoms with Crippen LogP contribution in [0.4, 0.5) is 0 Å². The lowest BCUT2D eigenvalue weighted by molar-refractivity contribution is 1.17. The van der Waals surface area contributed by atoms with E-state index in [4.69, 9.17) is 0 Å². The van der Waals surface area contributed by atoms with Crippen LogP contribution >= 0.6 is 22.7 Å². The van der Waals surface area contributed by atoms with Crippen LogP contribution in [0.3, 0.4) is 0 Å². The van der Waals surface area contributed by atoms with Crippen LogP contribution in [0.5, 0.6) is 0 Å². The van der Waals surface area contributed by atoms with Crippen LogP contribution in [0.1, 0.15) is 0 Å². The van der Waals surface area contributed by atoms with E-state index in [1.54, 1.807) is 12.7 Å². The molecule has 0 aliphatic carbocycles. The molecule has 0 saturated heterocycles. The first kappa shape index (κ1) is 27.3. The molecule has 0 saturated carbocycles. The minimum atomic E-state index is 1.02. The first-order valence-corrected chi connectivity index (χ1v) is 17.4. The first-order chi connectivity index (χ1) is 23.8. The monoisotopic (exact) mass is 648 g/mol. The standard InChI is InChI=1S/C42H24N4S2/c1-3-11-29-25(7-1)9-5-13-31(29)33-15-35-36(41-37(33)17-39(47-41)27-19-43-23-44-20-27)16-34(32-14-6-10-26-8-2-4-12-30(26)32)38-18-40(48-42(35)38)28-21-45-24-46-22-28/h1-24H. The molecule has 0 fully saturated rings. The number of benzene rings is 6. The highest BCUT2D eigenvalue weighted by atomic mass is 32.1. The molecule has 4 aromatic heterocycles. The molecule has 6 heteroatoms. The summed E-state index contributed by atoms with van der Waals surface area (Å²) in [6.07, 6.45) is 10.8. The highest BCUT2D eigenvalue weighted by Gasteiger charge is 2.21. The third-order valence-electron chi connectivity index (χ3n) is 9.25. The van der Waals surface area contributed by atoms with E-state index in [9.17, 15) is 0 Å². The van der Waals surface area contributed by atoms with E-state index in [1.165, 1.54) is 74.7 Å². The molecule has 0 aliphatic heterocycles. The van der Waals surface area contributed by atoms with Crippen molar-refractivity contribution in [2.75, 3.05) is 0 Å². The van der Waals surface area contributed by atoms with E-state index in [0.29, 0.717) is 0 Å². The highest BCUT2D eigenvalue weighted by Crippen LogP contribution is 2.50. The number of rotatable bonds is 4. The van der Waals surface area contributed by atoms with Gasteiger partial charge >= 0.3 is 0 Å². The molecule has 10 rings (SSSR count). The average Bonchev–Trinajstić information content (AvgIpc) is 3.81. The Bertz CT molecular complexity index is 2630. The van der Waals surface area contributed by atoms with Crippen LogP contribution in [0.2, 0.25) is 0 Å². The normalized spacial score (nSPS) is 11.8. The van der Waals surface area contributed by atoms with Crippen LogP contribution in [0, 0.1) is 0 Å². The Hall–Kier alpha value is -5.82. The van der Waals surface area contributed by atoms with E-state index in [0.717, 1.165) is 20.9 Å². The molecular weight excluding hydrogens is 625 g/mol. The summed E-state index contributed by atoms with van der Waals surface area (Å²) in [6, 6.07) is 40.1. The molecule has 0 aliphatic rings. The van der Waals surface area contributed by atoms with E-state index < -0.39 is 0 Å². The van der Waals surface area contributed by atoms with Gasteiger partial charge in [0.15, 0.2) is 0 Å². The fourth-order valence-electron chi connectivity index (χ4n) is 7.06. The van der Waals surface area contributed by atoms with Gasteiger partial charge in [0.05, 0.1) is 0 Å². The zero-order valence-corrected chi connectivity index (χ0v) is 27.1. The van der Waals surface area contributed by atoms with Crippen molar-refractivity contribution in [2.45, 2.75) is 0 Å². The molecule has 0 bridgehead atoms. The lowest BCUT2D eigenvalue weighted by Crippen LogP contribution is -1.87. The predicted octanol–water partition coefficient (Wildman–Crippen LogP) is 11.8. The Morgan fingerprint density at radius 3 is 1.23 bits per heavy atom. The van der Waals surface area contributed by atoms with Gasteiger partial charge in [0.2, 0.25) is 0 Å². The summed E-state index contributed by atoms with van der Waals surface area (Å²) in [5.41, 5.74) is 6.96. The molecule has 0 spiro atoms. The quantitative estimate of drug-likeness (QED) is 0.191. The lowest BCUT2D eigenvalue weighted by Gasteiger charge is -2.14. The van der Waals surface area contributed by atoms with Gasteiger partial charge in [-0.05, 0) is 68.1 Å². The number of hydrogen-bond acceptors (Lipinski definition) is 6. The minimum absolute atomic E-state index is 1.02. The van der Waals surface area contributed by atoms with Gasteiger partial charge in [0, 0.05) is 76.6 Å². The Labute approximate surface area is 283 Å². The fraction of sp³-hybridized carbons (Fsp3) is 0. The van der Waals surface area contributed by atoms with Gasteiger partial charge in [0.25, 0.3) is 0 Å². The molecule has 4 nitrogen and oxygen atoms in total. The first-order valence-electron chi connectivity index (χ1n) is 15.7. The van der Waals surface area contributed by atoms with Crippen LogP contribution in [0.15, 0.2) is 147 Å². The summed E-state index contributed by atoms with van der Waals surface area (Å²) in [5, 5.41) is 9.91. The van der Waals surface area contributed by atoms with Crippen LogP contribution in [-0.2, 0) is 0 Å². The van der Waals surface area contributed by atoms with Crippen molar-refractivity contribution in [3.05, 3.63) is 147 Å². The largest absolute Gasteiger partial charge is 0.244 e. The van der Waals surface area contributed by atoms with E-state index in [-0.39, 0.29) is 0 Å². The second kappa shape index (κ2) is 10.9. The van der Waals surface area contributed by atoms with Gasteiger partial charge in [-0.3, -0.25) is 0 Å². The maximum Gasteiger partial charge on any atom is 0.115 e. The van der Waals surface area contributed by atoms with Crippen molar-refractivity contribution in [2.24, 2.45) is 0 Å². The van der Waals surface area contributed by atoms with Gasteiger partial charge in [-0.2, -0.15) is 0 Å². The lowest BCUT2D eigenvalue weighted by atomic mass is 9.90. The SMILES string of the molecule is c1ccc2c(-c3cc4c(cc(-c5cccc6ccccc56)c5cc(-c6cncnc6)sc54)c4sc(-c5cncnc5)cc34)cccc2c1. The number of fused-ring (bicyclic) bond motifs is 7. The molecule has 4 heterocycles. The van der Waals surface area contributed by atoms with Crippen molar-refractivity contribution in [3.63, 3.8) is 0 Å². The van der Waals surface area contributed by atoms with Gasteiger partial charge in [-0.25, -0.2) is 19.9 Å². The van der Waals surface area contributed by atoms with Crippen molar-refractivity contribution >= 4 is 75.2 Å². The molecule has 0 amide bonds. The summed E-state index contributed by atoms with van der Waals surface area (Å²) in [4.78, 5) is 19.7. The molecule has 0 radical (unpaired) electrons. The maximum atomic E-state index is 4.36. The van der Waals surface area contributed by atoms with Crippen molar-refractivity contribution in [1.29, 1.82) is 0 Å². The van der Waals surface area contributed by atoms with Crippen LogP contribution < -0.4 is 0 Å². The van der Waals surface area contributed by atoms with Gasteiger partial charge in [0.1, 0.15) is 12.7 Å². The smallest absolute Gasteiger partial charge is 0.115 e. The Morgan fingerprint density at radius 1 is 0.354 bits per heavy atom. The molecule has 224 valence electrons. The van der Waals surface area contributed by atoms with Crippen molar-refractivity contribution in [3.8, 4) is 43.1 Å². The third kappa shape index (κ3) is 4.27. The summed E-state index contributed by atoms with van der Waals surface area (Å²) in [5.74, 6) is 0. The van der Waals surface area contributed by atoms with Crippen molar-refractivity contribution in [1.82, 2.24) is 19.9 Å². The van der Waals surface area contributed by atoms with Gasteiger partial charge < -0.3 is 0 Å². The molecule has 10 aromatic rings. The second-order valence-corrected chi connectivity index (χ2v) is 14.1. The molecule has 6 aromatic carbocycles. The fourth-order valence-corrected chi connectivity index (χ4v) is 9.42. The van der Waals surface area contributed by atoms with Gasteiger partial charge in [-0.1, -0.05) is 84.9 Å². The van der Waals surface area contributed by atoms with E-state index in [2.05, 4.69) is 129 Å². The summed E-state index contributed by atoms with van der Waals surface area (Å²) < 4.78 is 2.52. The molecule has 0 unspecified atom stereocenters. The molecular formula is C42H24N4S2. The zero-order chi connectivity index (χ0) is 31.6. The van der Waals surface area contributed by atoms with E-state index in [1.807, 2.05) is 47.5 Å². The summed E-state index contributed by atoms with van der Waals surface area (Å²) in [6.45, 7) is 0. The molecule has 0 N–H and O–H groups in total. The van der Waals surface area contributed by atoms with E-state index >= 15 is 0 Å². The number of thiophene rings is 2. The zero-order valence-electron chi connectivity index (χ0n) is 25.5. The highest BCUT2D eigenvalue weighted by molar-refractivity contribution is 7.24. The summed E-state index contributed by atoms with van der Waals surface area (Å²) >= 11 is 3.64. The second-order valence-electron chi connectivity index (χ2n) is 12.0. The van der Waals surface area contributed by atoms with Crippen LogP contribution in [0.25, 0.3) is 95.6 Å². The predicted molar refractivity (Wildman–Crippen MR) is 203 cm³/mol. The Kier molecular flexibility index (Phi) is 6.19. The van der Waals surface area contributed by atoms with Crippen molar-refractivity contribution < 1.29 is 0 Å². The topological polar surface area (TPSA) is 51.6 Å². The maximum absolute atomic E-state index is 4.36. The Morgan fingerprint density at radius 2 is 0.771 bits per heavy atom. The summed E-state index contributed by atoms with van der Waals surface area (Å²) in [7, 11) is 0. The number of nitrogens with zero attached hydrogens (tertiary/aromatic N) is 4. The minimum Gasteiger partial charge on any atom is -0.244 e. The number of aromatic nitrogens is 4. The Balaban J connectivity index is 1.38. The van der Waals surface area contributed by atoms with Crippen LogP contribution in [-0.4, -0.2) is 19.9 Å². The molecule has 0 atom stereocenters. The average molecular weight is 649 g/mol.